The Kier molecular flexibility index (Phi) is 3.34. The van der Waals surface area contributed by atoms with E-state index in [1.54, 1.807) is 11.3 Å². The molecular weight excluding hydrogens is 244 g/mol. The Morgan fingerprint density at radius 2 is 2.17 bits per heavy atom. The van der Waals surface area contributed by atoms with E-state index in [-0.39, 0.29) is 0 Å². The number of H-pyrrole nitrogens is 1. The number of aromatic nitrogens is 2. The van der Waals surface area contributed by atoms with Crippen molar-refractivity contribution < 1.29 is 0 Å². The first-order valence-electron chi connectivity index (χ1n) is 6.41. The van der Waals surface area contributed by atoms with Crippen molar-refractivity contribution in [3.05, 3.63) is 23.1 Å². The fourth-order valence-corrected chi connectivity index (χ4v) is 3.11. The van der Waals surface area contributed by atoms with Gasteiger partial charge in [0.25, 0.3) is 0 Å². The average molecular weight is 262 g/mol. The van der Waals surface area contributed by atoms with Crippen molar-refractivity contribution in [3.63, 3.8) is 0 Å². The van der Waals surface area contributed by atoms with Crippen molar-refractivity contribution in [2.75, 3.05) is 18.4 Å². The first-order valence-corrected chi connectivity index (χ1v) is 7.22. The second-order valence-electron chi connectivity index (χ2n) is 4.75. The van der Waals surface area contributed by atoms with Gasteiger partial charge in [0.15, 0.2) is 0 Å². The predicted octanol–water partition coefficient (Wildman–Crippen LogP) is 2.61. The molecule has 2 aromatic heterocycles. The van der Waals surface area contributed by atoms with E-state index >= 15 is 0 Å². The van der Waals surface area contributed by atoms with Crippen LogP contribution in [0.5, 0.6) is 0 Å². The predicted molar refractivity (Wildman–Crippen MR) is 76.2 cm³/mol. The molecule has 1 saturated heterocycles. The average Bonchev–Trinajstić information content (AvgIpc) is 2.99. The van der Waals surface area contributed by atoms with Gasteiger partial charge in [0, 0.05) is 17.0 Å². The molecule has 1 aliphatic heterocycles. The second kappa shape index (κ2) is 5.12. The molecular formula is C13H18N4S. The maximum Gasteiger partial charge on any atom is 0.148 e. The first kappa shape index (κ1) is 11.7. The van der Waals surface area contributed by atoms with Gasteiger partial charge in [0.05, 0.1) is 10.6 Å². The van der Waals surface area contributed by atoms with E-state index in [2.05, 4.69) is 46.0 Å². The van der Waals surface area contributed by atoms with E-state index in [4.69, 9.17) is 0 Å². The lowest BCUT2D eigenvalue weighted by atomic mass is 10.1. The maximum absolute atomic E-state index is 4.35. The van der Waals surface area contributed by atoms with Gasteiger partial charge in [0.2, 0.25) is 0 Å². The van der Waals surface area contributed by atoms with Gasteiger partial charge in [0.1, 0.15) is 5.82 Å². The summed E-state index contributed by atoms with van der Waals surface area (Å²) in [5.41, 5.74) is 1.10. The van der Waals surface area contributed by atoms with Gasteiger partial charge >= 0.3 is 0 Å². The SMILES string of the molecule is Cc1ccc(-c2cc(NC3CCNCC3)n[nH]2)s1. The number of piperidine rings is 1. The highest BCUT2D eigenvalue weighted by Crippen LogP contribution is 2.27. The van der Waals surface area contributed by atoms with E-state index in [0.29, 0.717) is 6.04 Å². The van der Waals surface area contributed by atoms with Crippen LogP contribution >= 0.6 is 11.3 Å². The number of hydrogen-bond donors (Lipinski definition) is 3. The first-order chi connectivity index (χ1) is 8.81. The number of anilines is 1. The highest BCUT2D eigenvalue weighted by atomic mass is 32.1. The Balaban J connectivity index is 1.69. The zero-order chi connectivity index (χ0) is 12.4. The molecule has 3 N–H and O–H groups in total. The van der Waals surface area contributed by atoms with E-state index in [1.165, 1.54) is 22.6 Å². The highest BCUT2D eigenvalue weighted by Gasteiger charge is 2.14. The van der Waals surface area contributed by atoms with Gasteiger partial charge in [-0.15, -0.1) is 11.3 Å². The number of thiophene rings is 1. The number of nitrogens with zero attached hydrogens (tertiary/aromatic N) is 1. The Hall–Kier alpha value is -1.33. The third kappa shape index (κ3) is 2.57. The van der Waals surface area contributed by atoms with Crippen LogP contribution in [0, 0.1) is 6.92 Å². The van der Waals surface area contributed by atoms with Crippen LogP contribution in [0.1, 0.15) is 17.7 Å². The normalized spacial score (nSPS) is 16.9. The van der Waals surface area contributed by atoms with E-state index < -0.39 is 0 Å². The Morgan fingerprint density at radius 3 is 2.89 bits per heavy atom. The van der Waals surface area contributed by atoms with Crippen LogP contribution in [0.4, 0.5) is 5.82 Å². The summed E-state index contributed by atoms with van der Waals surface area (Å²) in [5.74, 6) is 0.961. The van der Waals surface area contributed by atoms with E-state index in [1.807, 2.05) is 0 Å². The number of hydrogen-bond acceptors (Lipinski definition) is 4. The summed E-state index contributed by atoms with van der Waals surface area (Å²) < 4.78 is 0. The molecule has 3 rings (SSSR count). The van der Waals surface area contributed by atoms with Gasteiger partial charge in [-0.2, -0.15) is 5.10 Å². The standard InChI is InChI=1S/C13H18N4S/c1-9-2-3-12(18-9)11-8-13(17-16-11)15-10-4-6-14-7-5-10/h2-3,8,10,14H,4-7H2,1H3,(H2,15,16,17). The van der Waals surface area contributed by atoms with E-state index in [0.717, 1.165) is 24.6 Å². The third-order valence-corrected chi connectivity index (χ3v) is 4.31. The molecule has 0 radical (unpaired) electrons. The molecule has 1 fully saturated rings. The molecule has 0 saturated carbocycles. The number of rotatable bonds is 3. The number of aryl methyl sites for hydroxylation is 1. The van der Waals surface area contributed by atoms with Crippen molar-refractivity contribution in [3.8, 4) is 10.6 Å². The van der Waals surface area contributed by atoms with E-state index in [9.17, 15) is 0 Å². The maximum atomic E-state index is 4.35. The van der Waals surface area contributed by atoms with Crippen LogP contribution < -0.4 is 10.6 Å². The molecule has 0 amide bonds. The van der Waals surface area contributed by atoms with Gasteiger partial charge < -0.3 is 10.6 Å². The summed E-state index contributed by atoms with van der Waals surface area (Å²) in [4.78, 5) is 2.57. The molecule has 0 bridgehead atoms. The lowest BCUT2D eigenvalue weighted by Crippen LogP contribution is -2.35. The smallest absolute Gasteiger partial charge is 0.148 e. The molecule has 96 valence electrons. The Morgan fingerprint density at radius 1 is 1.33 bits per heavy atom. The van der Waals surface area contributed by atoms with Crippen LogP contribution in [0.3, 0.4) is 0 Å². The van der Waals surface area contributed by atoms with Gasteiger partial charge in [-0.3, -0.25) is 5.10 Å². The van der Waals surface area contributed by atoms with Crippen molar-refractivity contribution in [1.82, 2.24) is 15.5 Å². The minimum absolute atomic E-state index is 0.549. The largest absolute Gasteiger partial charge is 0.366 e. The molecule has 0 atom stereocenters. The minimum Gasteiger partial charge on any atom is -0.366 e. The fraction of sp³-hybridized carbons (Fsp3) is 0.462. The molecule has 1 aliphatic rings. The molecule has 0 unspecified atom stereocenters. The monoisotopic (exact) mass is 262 g/mol. The summed E-state index contributed by atoms with van der Waals surface area (Å²) in [6.45, 7) is 4.32. The Labute approximate surface area is 111 Å². The van der Waals surface area contributed by atoms with Crippen molar-refractivity contribution >= 4 is 17.2 Å². The lowest BCUT2D eigenvalue weighted by molar-refractivity contribution is 0.478. The van der Waals surface area contributed by atoms with Crippen molar-refractivity contribution in [2.24, 2.45) is 0 Å². The van der Waals surface area contributed by atoms with Crippen LogP contribution in [-0.4, -0.2) is 29.3 Å². The molecule has 4 nitrogen and oxygen atoms in total. The summed E-state index contributed by atoms with van der Waals surface area (Å²) in [7, 11) is 0. The van der Waals surface area contributed by atoms with Gasteiger partial charge in [-0.25, -0.2) is 0 Å². The summed E-state index contributed by atoms with van der Waals surface area (Å²) in [6.07, 6.45) is 2.33. The topological polar surface area (TPSA) is 52.7 Å². The lowest BCUT2D eigenvalue weighted by Gasteiger charge is -2.23. The quantitative estimate of drug-likeness (QED) is 0.797. The summed E-state index contributed by atoms with van der Waals surface area (Å²) >= 11 is 1.79. The summed E-state index contributed by atoms with van der Waals surface area (Å²) in [6, 6.07) is 6.93. The van der Waals surface area contributed by atoms with Gasteiger partial charge in [-0.05, 0) is 45.0 Å². The van der Waals surface area contributed by atoms with Gasteiger partial charge in [-0.1, -0.05) is 0 Å². The number of aromatic amines is 1. The molecule has 3 heterocycles. The van der Waals surface area contributed by atoms with Crippen molar-refractivity contribution in [2.45, 2.75) is 25.8 Å². The molecule has 5 heteroatoms. The van der Waals surface area contributed by atoms with Crippen LogP contribution in [-0.2, 0) is 0 Å². The summed E-state index contributed by atoms with van der Waals surface area (Å²) in [5, 5.41) is 14.3. The minimum atomic E-state index is 0.549. The Bertz CT molecular complexity index is 511. The molecule has 2 aromatic rings. The molecule has 0 aliphatic carbocycles. The zero-order valence-electron chi connectivity index (χ0n) is 10.5. The molecule has 0 spiro atoms. The van der Waals surface area contributed by atoms with Crippen LogP contribution in [0.15, 0.2) is 18.2 Å². The fourth-order valence-electron chi connectivity index (χ4n) is 2.28. The third-order valence-electron chi connectivity index (χ3n) is 3.27. The number of nitrogens with one attached hydrogen (secondary N) is 3. The highest BCUT2D eigenvalue weighted by molar-refractivity contribution is 7.15. The molecule has 0 aromatic carbocycles. The van der Waals surface area contributed by atoms with Crippen LogP contribution in [0.2, 0.25) is 0 Å². The zero-order valence-corrected chi connectivity index (χ0v) is 11.3. The van der Waals surface area contributed by atoms with Crippen molar-refractivity contribution in [1.29, 1.82) is 0 Å². The molecule has 18 heavy (non-hydrogen) atoms. The van der Waals surface area contributed by atoms with Crippen LogP contribution in [0.25, 0.3) is 10.6 Å². The second-order valence-corrected chi connectivity index (χ2v) is 6.03.